The lowest BCUT2D eigenvalue weighted by Crippen LogP contribution is -2.09. The van der Waals surface area contributed by atoms with Gasteiger partial charge in [-0.3, -0.25) is 0 Å². The Kier molecular flexibility index (Phi) is 4.19. The maximum absolute atomic E-state index is 9.49. The first-order chi connectivity index (χ1) is 6.16. The number of halogens is 1. The van der Waals surface area contributed by atoms with Gasteiger partial charge in [0.2, 0.25) is 0 Å². The highest BCUT2D eigenvalue weighted by Gasteiger charge is 2.15. The van der Waals surface area contributed by atoms with Gasteiger partial charge in [-0.15, -0.1) is 0 Å². The molecule has 1 rings (SSSR count). The fourth-order valence-electron chi connectivity index (χ4n) is 1.39. The Morgan fingerprint density at radius 1 is 1.38 bits per heavy atom. The quantitative estimate of drug-likeness (QED) is 0.670. The van der Waals surface area contributed by atoms with Crippen LogP contribution >= 0.6 is 22.6 Å². The number of hydrogen-bond donors (Lipinski definition) is 1. The molecule has 0 heterocycles. The Bertz CT molecular complexity index is 271. The molecule has 0 aliphatic heterocycles. The normalized spacial score (nSPS) is 15.4. The van der Waals surface area contributed by atoms with E-state index in [1.807, 2.05) is 19.1 Å². The maximum atomic E-state index is 9.49. The van der Waals surface area contributed by atoms with E-state index in [0.29, 0.717) is 0 Å². The molecule has 2 atom stereocenters. The Morgan fingerprint density at radius 3 is 2.54 bits per heavy atom. The van der Waals surface area contributed by atoms with Gasteiger partial charge in [-0.25, -0.2) is 0 Å². The van der Waals surface area contributed by atoms with Crippen molar-refractivity contribution in [3.63, 3.8) is 0 Å². The lowest BCUT2D eigenvalue weighted by Gasteiger charge is -2.16. The smallest absolute Gasteiger partial charge is 0.0670 e. The predicted molar refractivity (Wildman–Crippen MR) is 64.3 cm³/mol. The van der Waals surface area contributed by atoms with E-state index >= 15 is 0 Å². The third kappa shape index (κ3) is 2.68. The van der Waals surface area contributed by atoms with Gasteiger partial charge in [0.25, 0.3) is 0 Å². The van der Waals surface area contributed by atoms with Crippen molar-refractivity contribution < 1.29 is 5.11 Å². The summed E-state index contributed by atoms with van der Waals surface area (Å²) in [5, 5.41) is 9.49. The van der Waals surface area contributed by atoms with Crippen LogP contribution in [0.3, 0.4) is 0 Å². The molecule has 72 valence electrons. The molecule has 0 aliphatic rings. The molecule has 0 amide bonds. The molecule has 0 bridgehead atoms. The lowest BCUT2D eigenvalue weighted by atomic mass is 10.0. The van der Waals surface area contributed by atoms with Crippen molar-refractivity contribution in [2.24, 2.45) is 0 Å². The van der Waals surface area contributed by atoms with Crippen LogP contribution in [0.2, 0.25) is 0 Å². The lowest BCUT2D eigenvalue weighted by molar-refractivity contribution is 0.196. The Morgan fingerprint density at radius 2 is 2.00 bits per heavy atom. The van der Waals surface area contributed by atoms with E-state index in [1.54, 1.807) is 0 Å². The fraction of sp³-hybridized carbons (Fsp3) is 0.455. The monoisotopic (exact) mass is 290 g/mol. The van der Waals surface area contributed by atoms with Gasteiger partial charge in [0.1, 0.15) is 0 Å². The number of alkyl halides is 1. The number of rotatable bonds is 3. The summed E-state index contributed by atoms with van der Waals surface area (Å²) in [4.78, 5) is 0. The highest BCUT2D eigenvalue weighted by molar-refractivity contribution is 14.1. The van der Waals surface area contributed by atoms with Gasteiger partial charge >= 0.3 is 0 Å². The van der Waals surface area contributed by atoms with Crippen LogP contribution in [0.25, 0.3) is 0 Å². The molecule has 0 aromatic heterocycles. The van der Waals surface area contributed by atoms with Crippen molar-refractivity contribution in [2.45, 2.75) is 30.3 Å². The number of benzene rings is 1. The molecule has 0 saturated heterocycles. The Hall–Kier alpha value is -0.0900. The third-order valence-electron chi connectivity index (χ3n) is 2.16. The van der Waals surface area contributed by atoms with Crippen LogP contribution in [0.4, 0.5) is 0 Å². The van der Waals surface area contributed by atoms with E-state index in [1.165, 1.54) is 11.1 Å². The molecule has 0 aliphatic carbocycles. The number of aliphatic hydroxyl groups excluding tert-OH is 1. The van der Waals surface area contributed by atoms with Crippen molar-refractivity contribution in [1.29, 1.82) is 0 Å². The van der Waals surface area contributed by atoms with E-state index in [2.05, 4.69) is 41.6 Å². The predicted octanol–water partition coefficient (Wildman–Crippen LogP) is 3.11. The number of aryl methyl sites for hydroxylation is 1. The van der Waals surface area contributed by atoms with Gasteiger partial charge in [0.15, 0.2) is 0 Å². The van der Waals surface area contributed by atoms with Crippen LogP contribution < -0.4 is 0 Å². The molecule has 1 nitrogen and oxygen atoms in total. The Balaban J connectivity index is 2.98. The molecule has 0 saturated carbocycles. The van der Waals surface area contributed by atoms with Crippen molar-refractivity contribution >= 4 is 22.6 Å². The van der Waals surface area contributed by atoms with Gasteiger partial charge in [-0.1, -0.05) is 53.8 Å². The summed E-state index contributed by atoms with van der Waals surface area (Å²) in [5.41, 5.74) is 2.60. The minimum atomic E-state index is -0.284. The van der Waals surface area contributed by atoms with E-state index in [9.17, 15) is 5.11 Å². The van der Waals surface area contributed by atoms with Crippen LogP contribution in [0.5, 0.6) is 0 Å². The van der Waals surface area contributed by atoms with Gasteiger partial charge in [0.05, 0.1) is 10.0 Å². The summed E-state index contributed by atoms with van der Waals surface area (Å²) in [5.74, 6) is 0. The summed E-state index contributed by atoms with van der Waals surface area (Å²) < 4.78 is 0.203. The van der Waals surface area contributed by atoms with Crippen LogP contribution in [0, 0.1) is 0 Å². The molecule has 1 N–H and O–H groups in total. The van der Waals surface area contributed by atoms with Crippen LogP contribution in [0.1, 0.15) is 28.9 Å². The SMILES string of the molecule is CCc1ccccc1[C@@H](I)C(C)O. The van der Waals surface area contributed by atoms with Crippen molar-refractivity contribution in [2.75, 3.05) is 0 Å². The first-order valence-electron chi connectivity index (χ1n) is 4.56. The van der Waals surface area contributed by atoms with Crippen LogP contribution in [-0.2, 0) is 6.42 Å². The van der Waals surface area contributed by atoms with Gasteiger partial charge in [0, 0.05) is 0 Å². The maximum Gasteiger partial charge on any atom is 0.0670 e. The summed E-state index contributed by atoms with van der Waals surface area (Å²) in [6.07, 6.45) is 0.746. The zero-order chi connectivity index (χ0) is 9.84. The molecule has 0 radical (unpaired) electrons. The van der Waals surface area contributed by atoms with E-state index in [-0.39, 0.29) is 10.0 Å². The molecule has 0 fully saturated rings. The third-order valence-corrected chi connectivity index (χ3v) is 3.87. The van der Waals surface area contributed by atoms with Gasteiger partial charge in [-0.05, 0) is 24.5 Å². The van der Waals surface area contributed by atoms with E-state index < -0.39 is 0 Å². The van der Waals surface area contributed by atoms with Crippen molar-refractivity contribution in [3.8, 4) is 0 Å². The zero-order valence-electron chi connectivity index (χ0n) is 8.00. The summed E-state index contributed by atoms with van der Waals surface area (Å²) >= 11 is 2.30. The first-order valence-corrected chi connectivity index (χ1v) is 5.81. The average molecular weight is 290 g/mol. The topological polar surface area (TPSA) is 20.2 Å². The molecular weight excluding hydrogens is 275 g/mol. The summed E-state index contributed by atoms with van der Waals surface area (Å²) in [7, 11) is 0. The molecule has 1 aromatic rings. The minimum absolute atomic E-state index is 0.203. The van der Waals surface area contributed by atoms with Crippen molar-refractivity contribution in [1.82, 2.24) is 0 Å². The number of aliphatic hydroxyl groups is 1. The fourth-order valence-corrected chi connectivity index (χ4v) is 1.99. The number of hydrogen-bond acceptors (Lipinski definition) is 1. The molecule has 1 aromatic carbocycles. The molecule has 0 spiro atoms. The highest BCUT2D eigenvalue weighted by Crippen LogP contribution is 2.29. The average Bonchev–Trinajstić information content (AvgIpc) is 2.16. The second kappa shape index (κ2) is 4.96. The second-order valence-corrected chi connectivity index (χ2v) is 4.54. The molecular formula is C11H15IO. The standard InChI is InChI=1S/C11H15IO/c1-3-9-6-4-5-7-10(9)11(12)8(2)13/h4-8,11,13H,3H2,1-2H3/t8?,11-/m0/s1. The summed E-state index contributed by atoms with van der Waals surface area (Å²) in [6.45, 7) is 3.98. The van der Waals surface area contributed by atoms with Crippen LogP contribution in [-0.4, -0.2) is 11.2 Å². The second-order valence-electron chi connectivity index (χ2n) is 3.19. The van der Waals surface area contributed by atoms with Gasteiger partial charge in [-0.2, -0.15) is 0 Å². The van der Waals surface area contributed by atoms with E-state index in [0.717, 1.165) is 6.42 Å². The zero-order valence-corrected chi connectivity index (χ0v) is 10.2. The van der Waals surface area contributed by atoms with Gasteiger partial charge < -0.3 is 5.11 Å². The summed E-state index contributed by atoms with van der Waals surface area (Å²) in [6, 6.07) is 8.31. The largest absolute Gasteiger partial charge is 0.392 e. The minimum Gasteiger partial charge on any atom is -0.392 e. The first kappa shape index (κ1) is 11.0. The molecule has 13 heavy (non-hydrogen) atoms. The van der Waals surface area contributed by atoms with E-state index in [4.69, 9.17) is 0 Å². The van der Waals surface area contributed by atoms with Crippen molar-refractivity contribution in [3.05, 3.63) is 35.4 Å². The highest BCUT2D eigenvalue weighted by atomic mass is 127. The molecule has 1 unspecified atom stereocenters. The van der Waals surface area contributed by atoms with Crippen LogP contribution in [0.15, 0.2) is 24.3 Å². The Labute approximate surface area is 93.3 Å². The molecule has 2 heteroatoms.